The van der Waals surface area contributed by atoms with Crippen LogP contribution in [0.3, 0.4) is 0 Å². The van der Waals surface area contributed by atoms with Crippen LogP contribution in [0.25, 0.3) is 0 Å². The maximum absolute atomic E-state index is 12.6. The Kier molecular flexibility index (Phi) is 6.34. The number of hydrogen-bond acceptors (Lipinski definition) is 7. The number of hydrogen-bond donors (Lipinski definition) is 1. The number of anilines is 1. The minimum absolute atomic E-state index is 0.163. The summed E-state index contributed by atoms with van der Waals surface area (Å²) in [4.78, 5) is 18.0. The molecule has 2 amide bonds. The number of aryl methyl sites for hydroxylation is 1. The number of carbonyl (C=O) groups is 1. The van der Waals surface area contributed by atoms with Crippen LogP contribution in [0.5, 0.6) is 0 Å². The Morgan fingerprint density at radius 1 is 1.26 bits per heavy atom. The van der Waals surface area contributed by atoms with Gasteiger partial charge in [0.2, 0.25) is 15.2 Å². The Labute approximate surface area is 162 Å². The topological polar surface area (TPSA) is 108 Å². The van der Waals surface area contributed by atoms with Gasteiger partial charge >= 0.3 is 6.03 Å². The fraction of sp³-hybridized carbons (Fsp3) is 0.500. The number of sulfonamides is 1. The quantitative estimate of drug-likeness (QED) is 0.778. The summed E-state index contributed by atoms with van der Waals surface area (Å²) in [6, 6.07) is 2.83. The number of unbranched alkanes of at least 4 members (excludes halogenated alkanes) is 1. The lowest BCUT2D eigenvalue weighted by molar-refractivity contribution is 0.184. The number of carbonyl (C=O) groups excluding carboxylic acids is 1. The molecule has 0 unspecified atom stereocenters. The van der Waals surface area contributed by atoms with Crippen molar-refractivity contribution in [2.75, 3.05) is 31.5 Å². The second-order valence-corrected chi connectivity index (χ2v) is 9.11. The molecule has 1 aliphatic rings. The van der Waals surface area contributed by atoms with E-state index in [1.165, 1.54) is 34.1 Å². The molecule has 3 rings (SSSR count). The van der Waals surface area contributed by atoms with Gasteiger partial charge < -0.3 is 4.90 Å². The summed E-state index contributed by atoms with van der Waals surface area (Å²) in [5, 5.41) is 12.2. The molecule has 2 aromatic heterocycles. The first-order valence-corrected chi connectivity index (χ1v) is 11.0. The Balaban J connectivity index is 1.54. The van der Waals surface area contributed by atoms with Crippen LogP contribution in [0.2, 0.25) is 0 Å². The predicted molar refractivity (Wildman–Crippen MR) is 102 cm³/mol. The third-order valence-corrected chi connectivity index (χ3v) is 7.00. The average molecular weight is 411 g/mol. The lowest BCUT2D eigenvalue weighted by atomic mass is 10.3. The molecule has 146 valence electrons. The van der Waals surface area contributed by atoms with E-state index in [9.17, 15) is 13.2 Å². The van der Waals surface area contributed by atoms with Crippen LogP contribution >= 0.6 is 11.3 Å². The monoisotopic (exact) mass is 410 g/mol. The van der Waals surface area contributed by atoms with Crippen molar-refractivity contribution < 1.29 is 13.2 Å². The molecule has 1 aliphatic heterocycles. The zero-order chi connectivity index (χ0) is 19.3. The molecule has 27 heavy (non-hydrogen) atoms. The highest BCUT2D eigenvalue weighted by Gasteiger charge is 2.30. The highest BCUT2D eigenvalue weighted by Crippen LogP contribution is 2.19. The van der Waals surface area contributed by atoms with Crippen LogP contribution in [0, 0.1) is 0 Å². The maximum Gasteiger partial charge on any atom is 0.323 e. The number of pyridine rings is 1. The van der Waals surface area contributed by atoms with E-state index in [0.717, 1.165) is 24.3 Å². The molecule has 9 nitrogen and oxygen atoms in total. The van der Waals surface area contributed by atoms with E-state index in [2.05, 4.69) is 27.4 Å². The largest absolute Gasteiger partial charge is 0.323 e. The number of aromatic nitrogens is 3. The van der Waals surface area contributed by atoms with E-state index in [-0.39, 0.29) is 24.0 Å². The van der Waals surface area contributed by atoms with E-state index in [0.29, 0.717) is 18.2 Å². The van der Waals surface area contributed by atoms with Gasteiger partial charge in [-0.2, -0.15) is 4.31 Å². The lowest BCUT2D eigenvalue weighted by Crippen LogP contribution is -2.51. The minimum Gasteiger partial charge on any atom is -0.322 e. The number of nitrogens with one attached hydrogen (secondary N) is 1. The standard InChI is InChI=1S/C16H22N6O3S2/c1-2-3-6-14-19-20-15(26-14)18-16(23)21-8-10-22(11-9-21)27(24,25)13-5-4-7-17-12-13/h4-5,7,12H,2-3,6,8-11H2,1H3,(H,18,20,23). The zero-order valence-corrected chi connectivity index (χ0v) is 16.7. The molecular weight excluding hydrogens is 388 g/mol. The minimum atomic E-state index is -3.58. The van der Waals surface area contributed by atoms with Crippen LogP contribution in [0.1, 0.15) is 24.8 Å². The van der Waals surface area contributed by atoms with Crippen molar-refractivity contribution in [1.29, 1.82) is 0 Å². The zero-order valence-electron chi connectivity index (χ0n) is 15.0. The van der Waals surface area contributed by atoms with Crippen molar-refractivity contribution in [1.82, 2.24) is 24.4 Å². The van der Waals surface area contributed by atoms with Crippen molar-refractivity contribution in [3.63, 3.8) is 0 Å². The maximum atomic E-state index is 12.6. The van der Waals surface area contributed by atoms with Gasteiger partial charge in [0, 0.05) is 45.0 Å². The Morgan fingerprint density at radius 2 is 2.04 bits per heavy atom. The molecule has 0 aliphatic carbocycles. The highest BCUT2D eigenvalue weighted by molar-refractivity contribution is 7.89. The lowest BCUT2D eigenvalue weighted by Gasteiger charge is -2.33. The second-order valence-electron chi connectivity index (χ2n) is 6.11. The number of piperazine rings is 1. The molecule has 11 heteroatoms. The fourth-order valence-electron chi connectivity index (χ4n) is 2.68. The van der Waals surface area contributed by atoms with Gasteiger partial charge in [0.1, 0.15) is 9.90 Å². The second kappa shape index (κ2) is 8.72. The molecule has 0 bridgehead atoms. The molecule has 0 saturated carbocycles. The van der Waals surface area contributed by atoms with Gasteiger partial charge in [0.15, 0.2) is 0 Å². The first-order chi connectivity index (χ1) is 13.0. The van der Waals surface area contributed by atoms with Gasteiger partial charge in [-0.1, -0.05) is 24.7 Å². The summed E-state index contributed by atoms with van der Waals surface area (Å²) >= 11 is 1.37. The van der Waals surface area contributed by atoms with Crippen LogP contribution < -0.4 is 5.32 Å². The number of urea groups is 1. The van der Waals surface area contributed by atoms with Crippen LogP contribution in [-0.2, 0) is 16.4 Å². The van der Waals surface area contributed by atoms with Gasteiger partial charge in [-0.25, -0.2) is 13.2 Å². The third-order valence-electron chi connectivity index (χ3n) is 4.22. The normalized spacial score (nSPS) is 15.7. The van der Waals surface area contributed by atoms with Gasteiger partial charge in [0.05, 0.1) is 0 Å². The van der Waals surface area contributed by atoms with Gasteiger partial charge in [-0.3, -0.25) is 10.3 Å². The van der Waals surface area contributed by atoms with Crippen LogP contribution in [0.4, 0.5) is 9.93 Å². The SMILES string of the molecule is CCCCc1nnc(NC(=O)N2CCN(S(=O)(=O)c3cccnc3)CC2)s1. The number of amides is 2. The summed E-state index contributed by atoms with van der Waals surface area (Å²) in [5.74, 6) is 0. The van der Waals surface area contributed by atoms with Gasteiger partial charge in [0.25, 0.3) is 0 Å². The summed E-state index contributed by atoms with van der Waals surface area (Å²) in [7, 11) is -3.58. The molecular formula is C16H22N6O3S2. The van der Waals surface area contributed by atoms with E-state index in [1.54, 1.807) is 11.0 Å². The summed E-state index contributed by atoms with van der Waals surface area (Å²) in [5.41, 5.74) is 0. The Bertz CT molecular complexity index is 863. The Morgan fingerprint density at radius 3 is 2.70 bits per heavy atom. The number of nitrogens with zero attached hydrogens (tertiary/aromatic N) is 5. The van der Waals surface area contributed by atoms with Crippen molar-refractivity contribution in [2.24, 2.45) is 0 Å². The van der Waals surface area contributed by atoms with E-state index < -0.39 is 10.0 Å². The third kappa shape index (κ3) is 4.79. The summed E-state index contributed by atoms with van der Waals surface area (Å²) < 4.78 is 26.6. The average Bonchev–Trinajstić information content (AvgIpc) is 3.14. The molecule has 0 aromatic carbocycles. The van der Waals surface area contributed by atoms with Crippen molar-refractivity contribution in [3.8, 4) is 0 Å². The molecule has 0 spiro atoms. The first-order valence-electron chi connectivity index (χ1n) is 8.79. The molecule has 0 atom stereocenters. The molecule has 1 N–H and O–H groups in total. The molecule has 0 radical (unpaired) electrons. The van der Waals surface area contributed by atoms with E-state index >= 15 is 0 Å². The van der Waals surface area contributed by atoms with Crippen LogP contribution in [-0.4, -0.2) is 65.0 Å². The van der Waals surface area contributed by atoms with Crippen LogP contribution in [0.15, 0.2) is 29.4 Å². The fourth-order valence-corrected chi connectivity index (χ4v) is 4.84. The predicted octanol–water partition coefficient (Wildman–Crippen LogP) is 1.81. The van der Waals surface area contributed by atoms with E-state index in [1.807, 2.05) is 0 Å². The van der Waals surface area contributed by atoms with E-state index in [4.69, 9.17) is 0 Å². The van der Waals surface area contributed by atoms with Crippen molar-refractivity contribution >= 4 is 32.5 Å². The summed E-state index contributed by atoms with van der Waals surface area (Å²) in [6.45, 7) is 3.21. The molecule has 1 saturated heterocycles. The molecule has 2 aromatic rings. The first kappa shape index (κ1) is 19.6. The molecule has 1 fully saturated rings. The van der Waals surface area contributed by atoms with Gasteiger partial charge in [-0.15, -0.1) is 10.2 Å². The van der Waals surface area contributed by atoms with Gasteiger partial charge in [-0.05, 0) is 18.6 Å². The highest BCUT2D eigenvalue weighted by atomic mass is 32.2. The molecule has 3 heterocycles. The Hall–Kier alpha value is -2.11. The van der Waals surface area contributed by atoms with Crippen molar-refractivity contribution in [3.05, 3.63) is 29.5 Å². The van der Waals surface area contributed by atoms with Crippen molar-refractivity contribution in [2.45, 2.75) is 31.1 Å². The smallest absolute Gasteiger partial charge is 0.322 e. The number of rotatable bonds is 6. The summed E-state index contributed by atoms with van der Waals surface area (Å²) in [6.07, 6.45) is 5.83.